The molecule has 3 atom stereocenters. The maximum Gasteiger partial charge on any atom is 0.303 e. The third-order valence-electron chi connectivity index (χ3n) is 3.48. The molecule has 9 nitrogen and oxygen atoms in total. The van der Waals surface area contributed by atoms with E-state index in [2.05, 4.69) is 0 Å². The summed E-state index contributed by atoms with van der Waals surface area (Å²) in [6.07, 6.45) is 0.805. The van der Waals surface area contributed by atoms with E-state index < -0.39 is 35.4 Å². The molecular weight excluding hydrogens is 346 g/mol. The summed E-state index contributed by atoms with van der Waals surface area (Å²) in [6, 6.07) is 6.21. The van der Waals surface area contributed by atoms with Gasteiger partial charge in [0, 0.05) is 19.9 Å². The van der Waals surface area contributed by atoms with Crippen molar-refractivity contribution in [2.75, 3.05) is 6.61 Å². The van der Waals surface area contributed by atoms with Crippen molar-refractivity contribution in [2.45, 2.75) is 39.0 Å². The van der Waals surface area contributed by atoms with Gasteiger partial charge < -0.3 is 18.9 Å². The Hall–Kier alpha value is -2.78. The summed E-state index contributed by atoms with van der Waals surface area (Å²) in [5.41, 5.74) is 0.342. The summed E-state index contributed by atoms with van der Waals surface area (Å²) in [6.45, 7) is 2.34. The van der Waals surface area contributed by atoms with Crippen LogP contribution in [0.25, 0.3) is 0 Å². The number of rotatable bonds is 7. The summed E-state index contributed by atoms with van der Waals surface area (Å²) in [7, 11) is 0. The van der Waals surface area contributed by atoms with Crippen molar-refractivity contribution >= 4 is 17.6 Å². The van der Waals surface area contributed by atoms with Gasteiger partial charge in [-0.15, -0.1) is 0 Å². The Morgan fingerprint density at radius 3 is 2.58 bits per heavy atom. The number of carbonyl (C=O) groups is 2. The number of hydrogen-bond donors (Lipinski definition) is 0. The van der Waals surface area contributed by atoms with Crippen molar-refractivity contribution in [3.8, 4) is 0 Å². The van der Waals surface area contributed by atoms with Crippen LogP contribution in [0.4, 0.5) is 5.69 Å². The molecule has 0 amide bonds. The van der Waals surface area contributed by atoms with Gasteiger partial charge in [0.2, 0.25) is 0 Å². The first-order chi connectivity index (χ1) is 12.4. The number of nitrogens with zero attached hydrogens (tertiary/aromatic N) is 1. The number of ether oxygens (including phenoxy) is 4. The van der Waals surface area contributed by atoms with E-state index in [0.717, 1.165) is 0 Å². The molecule has 0 unspecified atom stereocenters. The predicted octanol–water partition coefficient (Wildman–Crippen LogP) is 1.89. The summed E-state index contributed by atoms with van der Waals surface area (Å²) in [4.78, 5) is 32.7. The van der Waals surface area contributed by atoms with Crippen LogP contribution in [0.1, 0.15) is 19.4 Å². The second kappa shape index (κ2) is 9.07. The Kier molecular flexibility index (Phi) is 6.81. The molecular formula is C17H19NO8. The lowest BCUT2D eigenvalue weighted by Crippen LogP contribution is -2.42. The van der Waals surface area contributed by atoms with Gasteiger partial charge in [-0.3, -0.25) is 19.7 Å². The largest absolute Gasteiger partial charge is 0.463 e. The first-order valence-corrected chi connectivity index (χ1v) is 7.85. The van der Waals surface area contributed by atoms with Crippen molar-refractivity contribution in [1.29, 1.82) is 0 Å². The highest BCUT2D eigenvalue weighted by molar-refractivity contribution is 5.66. The van der Waals surface area contributed by atoms with Crippen molar-refractivity contribution in [2.24, 2.45) is 0 Å². The molecule has 0 aliphatic carbocycles. The van der Waals surface area contributed by atoms with Gasteiger partial charge in [-0.25, -0.2) is 0 Å². The Morgan fingerprint density at radius 1 is 1.19 bits per heavy atom. The zero-order valence-corrected chi connectivity index (χ0v) is 14.3. The zero-order valence-electron chi connectivity index (χ0n) is 14.3. The quantitative estimate of drug-likeness (QED) is 0.311. The van der Waals surface area contributed by atoms with Crippen LogP contribution in [0.2, 0.25) is 0 Å². The van der Waals surface area contributed by atoms with E-state index in [1.165, 1.54) is 26.0 Å². The van der Waals surface area contributed by atoms with Gasteiger partial charge in [-0.05, 0) is 18.2 Å². The monoisotopic (exact) mass is 365 g/mol. The topological polar surface area (TPSA) is 114 Å². The molecule has 0 saturated heterocycles. The number of nitro groups is 1. The second-order valence-corrected chi connectivity index (χ2v) is 5.50. The highest BCUT2D eigenvalue weighted by Crippen LogP contribution is 2.22. The minimum atomic E-state index is -0.831. The molecule has 9 heteroatoms. The molecule has 0 bridgehead atoms. The molecule has 1 aromatic rings. The SMILES string of the molecule is CC(=O)OC[C@H]1O[C@H](OCc2ccccc2[N+](=O)[O-])C=C[C@@H]1OC(C)=O. The second-order valence-electron chi connectivity index (χ2n) is 5.50. The molecule has 0 radical (unpaired) electrons. The number of esters is 2. The lowest BCUT2D eigenvalue weighted by molar-refractivity contribution is -0.386. The minimum Gasteiger partial charge on any atom is -0.463 e. The molecule has 0 aromatic heterocycles. The summed E-state index contributed by atoms with van der Waals surface area (Å²) in [5, 5.41) is 11.0. The molecule has 26 heavy (non-hydrogen) atoms. The van der Waals surface area contributed by atoms with Gasteiger partial charge in [0.25, 0.3) is 5.69 Å². The van der Waals surface area contributed by atoms with Gasteiger partial charge in [-0.2, -0.15) is 0 Å². The van der Waals surface area contributed by atoms with E-state index in [1.54, 1.807) is 24.3 Å². The highest BCUT2D eigenvalue weighted by Gasteiger charge is 2.31. The molecule has 0 fully saturated rings. The number of para-hydroxylation sites is 1. The number of carbonyl (C=O) groups excluding carboxylic acids is 2. The fourth-order valence-corrected chi connectivity index (χ4v) is 2.34. The van der Waals surface area contributed by atoms with Gasteiger partial charge in [-0.1, -0.05) is 12.1 Å². The van der Waals surface area contributed by atoms with Crippen molar-refractivity contribution < 1.29 is 33.5 Å². The predicted molar refractivity (Wildman–Crippen MR) is 87.9 cm³/mol. The number of benzene rings is 1. The first kappa shape index (κ1) is 19.5. The summed E-state index contributed by atoms with van der Waals surface area (Å²) < 4.78 is 21.2. The summed E-state index contributed by atoms with van der Waals surface area (Å²) in [5.74, 6) is -1.00. The Balaban J connectivity index is 2.02. The highest BCUT2D eigenvalue weighted by atomic mass is 16.7. The average molecular weight is 365 g/mol. The molecule has 1 aliphatic rings. The van der Waals surface area contributed by atoms with E-state index in [0.29, 0.717) is 5.56 Å². The van der Waals surface area contributed by atoms with Gasteiger partial charge in [0.15, 0.2) is 6.29 Å². The molecule has 140 valence electrons. The van der Waals surface area contributed by atoms with Gasteiger partial charge in [0.05, 0.1) is 17.1 Å². The van der Waals surface area contributed by atoms with E-state index in [1.807, 2.05) is 0 Å². The normalized spacial score (nSPS) is 21.8. The third kappa shape index (κ3) is 5.64. The van der Waals surface area contributed by atoms with E-state index in [4.69, 9.17) is 18.9 Å². The molecule has 1 aliphatic heterocycles. The fraction of sp³-hybridized carbons (Fsp3) is 0.412. The van der Waals surface area contributed by atoms with Crippen LogP contribution in [0.3, 0.4) is 0 Å². The fourth-order valence-electron chi connectivity index (χ4n) is 2.34. The van der Waals surface area contributed by atoms with Crippen molar-refractivity contribution in [1.82, 2.24) is 0 Å². The van der Waals surface area contributed by atoms with Crippen LogP contribution < -0.4 is 0 Å². The van der Waals surface area contributed by atoms with Gasteiger partial charge in [0.1, 0.15) is 18.8 Å². The van der Waals surface area contributed by atoms with Crippen molar-refractivity contribution in [3.63, 3.8) is 0 Å². The minimum absolute atomic E-state index is 0.0509. The van der Waals surface area contributed by atoms with Crippen LogP contribution in [-0.4, -0.2) is 42.0 Å². The smallest absolute Gasteiger partial charge is 0.303 e. The first-order valence-electron chi connectivity index (χ1n) is 7.85. The Labute approximate surface area is 149 Å². The van der Waals surface area contributed by atoms with Crippen LogP contribution in [0, 0.1) is 10.1 Å². The summed E-state index contributed by atoms with van der Waals surface area (Å²) >= 11 is 0. The van der Waals surface area contributed by atoms with Crippen LogP contribution in [-0.2, 0) is 35.1 Å². The average Bonchev–Trinajstić information content (AvgIpc) is 2.59. The maximum absolute atomic E-state index is 11.2. The van der Waals surface area contributed by atoms with E-state index >= 15 is 0 Å². The molecule has 1 heterocycles. The molecule has 0 saturated carbocycles. The van der Waals surface area contributed by atoms with E-state index in [9.17, 15) is 19.7 Å². The molecule has 0 N–H and O–H groups in total. The van der Waals surface area contributed by atoms with Crippen LogP contribution in [0.5, 0.6) is 0 Å². The number of hydrogen-bond acceptors (Lipinski definition) is 8. The van der Waals surface area contributed by atoms with Gasteiger partial charge >= 0.3 is 11.9 Å². The van der Waals surface area contributed by atoms with Crippen LogP contribution in [0.15, 0.2) is 36.4 Å². The lowest BCUT2D eigenvalue weighted by atomic mass is 10.1. The zero-order chi connectivity index (χ0) is 19.1. The van der Waals surface area contributed by atoms with E-state index in [-0.39, 0.29) is 18.9 Å². The Bertz CT molecular complexity index is 702. The Morgan fingerprint density at radius 2 is 1.92 bits per heavy atom. The standard InChI is InChI=1S/C17H19NO8/c1-11(19)23-10-16-15(25-12(2)20)7-8-17(26-16)24-9-13-5-3-4-6-14(13)18(21)22/h3-8,15-17H,9-10H2,1-2H3/t15-,16+,17-/m0/s1. The molecule has 0 spiro atoms. The third-order valence-corrected chi connectivity index (χ3v) is 3.48. The lowest BCUT2D eigenvalue weighted by Gasteiger charge is -2.31. The van der Waals surface area contributed by atoms with Crippen LogP contribution >= 0.6 is 0 Å². The maximum atomic E-state index is 11.2. The molecule has 2 rings (SSSR count). The van der Waals surface area contributed by atoms with Crippen molar-refractivity contribution in [3.05, 3.63) is 52.1 Å². The number of nitro benzene ring substituents is 1. The molecule has 1 aromatic carbocycles.